The average molecular weight is 415 g/mol. The quantitative estimate of drug-likeness (QED) is 0.359. The van der Waals surface area contributed by atoms with Crippen LogP contribution in [0.25, 0.3) is 0 Å². The Balaban J connectivity index is 0.000000553. The molecule has 0 aliphatic carbocycles. The van der Waals surface area contributed by atoms with Crippen LogP contribution in [0.4, 0.5) is 0 Å². The molecule has 0 spiro atoms. The number of carbonyl (C=O) groups is 1. The molecule has 0 saturated heterocycles. The second-order valence-corrected chi connectivity index (χ2v) is 7.59. The molecule has 0 saturated carbocycles. The summed E-state index contributed by atoms with van der Waals surface area (Å²) in [6, 6.07) is 14.5. The lowest BCUT2D eigenvalue weighted by Gasteiger charge is -2.13. The zero-order valence-corrected chi connectivity index (χ0v) is 19.2. The van der Waals surface area contributed by atoms with E-state index in [1.54, 1.807) is 24.3 Å². The molecule has 0 fully saturated rings. The van der Waals surface area contributed by atoms with Gasteiger partial charge in [-0.25, -0.2) is 4.79 Å². The molecule has 1 N–H and O–H groups in total. The van der Waals surface area contributed by atoms with E-state index >= 15 is 0 Å². The Morgan fingerprint density at radius 1 is 0.800 bits per heavy atom. The molecular weight excluding hydrogens is 376 g/mol. The van der Waals surface area contributed by atoms with Gasteiger partial charge in [0.1, 0.15) is 11.5 Å². The Morgan fingerprint density at radius 3 is 1.73 bits per heavy atom. The zero-order chi connectivity index (χ0) is 22.4. The summed E-state index contributed by atoms with van der Waals surface area (Å²) in [5.74, 6) is 2.08. The number of hydrogen-bond acceptors (Lipinski definition) is 4. The molecule has 0 aliphatic heterocycles. The van der Waals surface area contributed by atoms with Crippen LogP contribution in [0.5, 0.6) is 11.5 Å². The van der Waals surface area contributed by atoms with Crippen LogP contribution in [0.3, 0.4) is 0 Å². The standard InChI is InChI=1S/C20H24O3.C6H14O/c1-4-16(5-2)14-22-18-12-8-17(9-13-18)20(21)23-19-10-6-15(3)7-11-19;1-3-6(4-2)5-7/h6-13,16H,4-5,14H2,1-3H3;6-7H,3-5H2,1-2H3. The molecule has 166 valence electrons. The SMILES string of the molecule is CCC(CC)CO.CCC(CC)COc1ccc(C(=O)Oc2ccc(C)cc2)cc1. The molecular formula is C26H38O4. The highest BCUT2D eigenvalue weighted by atomic mass is 16.5. The molecule has 30 heavy (non-hydrogen) atoms. The Bertz CT molecular complexity index is 693. The number of aliphatic hydroxyl groups excluding tert-OH is 1. The summed E-state index contributed by atoms with van der Waals surface area (Å²) in [7, 11) is 0. The van der Waals surface area contributed by atoms with E-state index in [2.05, 4.69) is 27.7 Å². The second kappa shape index (κ2) is 14.6. The molecule has 4 heteroatoms. The van der Waals surface area contributed by atoms with Gasteiger partial charge in [-0.1, -0.05) is 71.1 Å². The Morgan fingerprint density at radius 2 is 1.30 bits per heavy atom. The van der Waals surface area contributed by atoms with Crippen molar-refractivity contribution in [1.82, 2.24) is 0 Å². The Hall–Kier alpha value is -2.33. The number of aryl methyl sites for hydroxylation is 1. The number of hydrogen-bond donors (Lipinski definition) is 1. The summed E-state index contributed by atoms with van der Waals surface area (Å²) in [6.45, 7) is 11.6. The smallest absolute Gasteiger partial charge is 0.343 e. The van der Waals surface area contributed by atoms with Gasteiger partial charge in [-0.05, 0) is 55.2 Å². The summed E-state index contributed by atoms with van der Waals surface area (Å²) in [5, 5.41) is 8.53. The van der Waals surface area contributed by atoms with Gasteiger partial charge in [0.25, 0.3) is 0 Å². The maximum Gasteiger partial charge on any atom is 0.343 e. The van der Waals surface area contributed by atoms with E-state index in [-0.39, 0.29) is 5.97 Å². The van der Waals surface area contributed by atoms with E-state index in [0.29, 0.717) is 36.4 Å². The second-order valence-electron chi connectivity index (χ2n) is 7.59. The normalized spacial score (nSPS) is 10.5. The van der Waals surface area contributed by atoms with Gasteiger partial charge in [0.15, 0.2) is 0 Å². The van der Waals surface area contributed by atoms with Crippen molar-refractivity contribution in [2.45, 2.75) is 60.3 Å². The predicted octanol–water partition coefficient (Wildman–Crippen LogP) is 6.44. The number of ether oxygens (including phenoxy) is 2. The highest BCUT2D eigenvalue weighted by Gasteiger charge is 2.09. The van der Waals surface area contributed by atoms with Gasteiger partial charge in [0, 0.05) is 6.61 Å². The van der Waals surface area contributed by atoms with Gasteiger partial charge < -0.3 is 14.6 Å². The minimum Gasteiger partial charge on any atom is -0.493 e. The topological polar surface area (TPSA) is 55.8 Å². The number of rotatable bonds is 10. The number of aliphatic hydroxyl groups is 1. The lowest BCUT2D eigenvalue weighted by atomic mass is 10.1. The fourth-order valence-corrected chi connectivity index (χ4v) is 2.74. The molecule has 0 amide bonds. The average Bonchev–Trinajstić information content (AvgIpc) is 2.78. The molecule has 2 aromatic rings. The lowest BCUT2D eigenvalue weighted by molar-refractivity contribution is 0.0734. The van der Waals surface area contributed by atoms with Crippen molar-refractivity contribution in [1.29, 1.82) is 0 Å². The molecule has 4 nitrogen and oxygen atoms in total. The fraction of sp³-hybridized carbons (Fsp3) is 0.500. The third-order valence-electron chi connectivity index (χ3n) is 5.37. The van der Waals surface area contributed by atoms with Gasteiger partial charge in [-0.15, -0.1) is 0 Å². The van der Waals surface area contributed by atoms with Crippen LogP contribution >= 0.6 is 0 Å². The molecule has 2 rings (SSSR count). The van der Waals surface area contributed by atoms with Gasteiger partial charge in [-0.3, -0.25) is 0 Å². The first-order valence-electron chi connectivity index (χ1n) is 11.1. The van der Waals surface area contributed by atoms with E-state index in [4.69, 9.17) is 14.6 Å². The van der Waals surface area contributed by atoms with Crippen molar-refractivity contribution in [2.75, 3.05) is 13.2 Å². The highest BCUT2D eigenvalue weighted by molar-refractivity contribution is 5.91. The maximum absolute atomic E-state index is 12.1. The molecule has 0 unspecified atom stereocenters. The first-order chi connectivity index (χ1) is 14.5. The monoisotopic (exact) mass is 414 g/mol. The third kappa shape index (κ3) is 9.45. The van der Waals surface area contributed by atoms with Crippen LogP contribution in [0.15, 0.2) is 48.5 Å². The summed E-state index contributed by atoms with van der Waals surface area (Å²) >= 11 is 0. The van der Waals surface area contributed by atoms with E-state index in [1.807, 2.05) is 31.2 Å². The van der Waals surface area contributed by atoms with Crippen LogP contribution in [0, 0.1) is 18.8 Å². The van der Waals surface area contributed by atoms with Crippen molar-refractivity contribution in [2.24, 2.45) is 11.8 Å². The van der Waals surface area contributed by atoms with Crippen molar-refractivity contribution in [3.63, 3.8) is 0 Å². The molecule has 0 atom stereocenters. The van der Waals surface area contributed by atoms with E-state index in [1.165, 1.54) is 0 Å². The molecule has 0 heterocycles. The van der Waals surface area contributed by atoms with Gasteiger partial charge >= 0.3 is 5.97 Å². The minimum atomic E-state index is -0.361. The van der Waals surface area contributed by atoms with Crippen molar-refractivity contribution in [3.05, 3.63) is 59.7 Å². The number of benzene rings is 2. The third-order valence-corrected chi connectivity index (χ3v) is 5.37. The van der Waals surface area contributed by atoms with Crippen molar-refractivity contribution < 1.29 is 19.4 Å². The van der Waals surface area contributed by atoms with Gasteiger partial charge in [0.05, 0.1) is 12.2 Å². The summed E-state index contributed by atoms with van der Waals surface area (Å²) in [5.41, 5.74) is 1.64. The van der Waals surface area contributed by atoms with E-state index < -0.39 is 0 Å². The predicted molar refractivity (Wildman–Crippen MR) is 123 cm³/mol. The largest absolute Gasteiger partial charge is 0.493 e. The van der Waals surface area contributed by atoms with Crippen LogP contribution < -0.4 is 9.47 Å². The van der Waals surface area contributed by atoms with Crippen LogP contribution in [0.1, 0.15) is 69.3 Å². The number of carbonyl (C=O) groups excluding carboxylic acids is 1. The van der Waals surface area contributed by atoms with Crippen molar-refractivity contribution in [3.8, 4) is 11.5 Å². The minimum absolute atomic E-state index is 0.354. The molecule has 0 aliphatic rings. The van der Waals surface area contributed by atoms with Crippen LogP contribution in [0.2, 0.25) is 0 Å². The van der Waals surface area contributed by atoms with Gasteiger partial charge in [-0.2, -0.15) is 0 Å². The van der Waals surface area contributed by atoms with E-state index in [9.17, 15) is 4.79 Å². The number of esters is 1. The lowest BCUT2D eigenvalue weighted by Crippen LogP contribution is -2.11. The Labute approximate surface area is 182 Å². The highest BCUT2D eigenvalue weighted by Crippen LogP contribution is 2.18. The fourth-order valence-electron chi connectivity index (χ4n) is 2.74. The summed E-state index contributed by atoms with van der Waals surface area (Å²) < 4.78 is 11.1. The zero-order valence-electron chi connectivity index (χ0n) is 19.2. The van der Waals surface area contributed by atoms with Crippen molar-refractivity contribution >= 4 is 5.97 Å². The van der Waals surface area contributed by atoms with Crippen LogP contribution in [-0.4, -0.2) is 24.3 Å². The summed E-state index contributed by atoms with van der Waals surface area (Å²) in [6.07, 6.45) is 4.43. The molecule has 0 aromatic heterocycles. The van der Waals surface area contributed by atoms with Crippen LogP contribution in [-0.2, 0) is 0 Å². The molecule has 2 aromatic carbocycles. The molecule has 0 radical (unpaired) electrons. The first kappa shape index (κ1) is 25.7. The molecule has 0 bridgehead atoms. The summed E-state index contributed by atoms with van der Waals surface area (Å²) in [4.78, 5) is 12.1. The maximum atomic E-state index is 12.1. The first-order valence-corrected chi connectivity index (χ1v) is 11.1. The van der Waals surface area contributed by atoms with E-state index in [0.717, 1.165) is 37.0 Å². The Kier molecular flexibility index (Phi) is 12.5. The van der Waals surface area contributed by atoms with Gasteiger partial charge in [0.2, 0.25) is 0 Å².